The van der Waals surface area contributed by atoms with Gasteiger partial charge in [-0.2, -0.15) is 23.4 Å². The standard InChI is InChI=1S/C18H17FN4O4S/c1-26-15-7-8-17(16(9-15)27-2)28(24,25)23-21-11-13-10-20-22-18(13)12-3-5-14(19)6-4-12/h3-11,23H,1-2H3,(H,20,22)/b21-11+. The van der Waals surface area contributed by atoms with Crippen LogP contribution < -0.4 is 14.3 Å². The zero-order valence-corrected chi connectivity index (χ0v) is 15.8. The summed E-state index contributed by atoms with van der Waals surface area (Å²) in [4.78, 5) is 2.05. The Balaban J connectivity index is 1.82. The van der Waals surface area contributed by atoms with E-state index in [-0.39, 0.29) is 16.5 Å². The molecule has 0 radical (unpaired) electrons. The fourth-order valence-electron chi connectivity index (χ4n) is 2.45. The molecule has 28 heavy (non-hydrogen) atoms. The number of nitrogens with one attached hydrogen (secondary N) is 2. The van der Waals surface area contributed by atoms with Crippen LogP contribution in [0.25, 0.3) is 11.3 Å². The Morgan fingerprint density at radius 1 is 1.14 bits per heavy atom. The number of aromatic nitrogens is 2. The second kappa shape index (κ2) is 8.09. The maximum Gasteiger partial charge on any atom is 0.280 e. The summed E-state index contributed by atoms with van der Waals surface area (Å²) in [5.41, 5.74) is 1.78. The third-order valence-electron chi connectivity index (χ3n) is 3.84. The van der Waals surface area contributed by atoms with Crippen molar-refractivity contribution < 1.29 is 22.3 Å². The maximum atomic E-state index is 13.1. The molecular formula is C18H17FN4O4S. The Bertz CT molecular complexity index is 1100. The highest BCUT2D eigenvalue weighted by molar-refractivity contribution is 7.89. The number of rotatable bonds is 7. The summed E-state index contributed by atoms with van der Waals surface area (Å²) in [6, 6.07) is 10.1. The third kappa shape index (κ3) is 4.12. The van der Waals surface area contributed by atoms with Gasteiger partial charge in [-0.25, -0.2) is 4.39 Å². The van der Waals surface area contributed by atoms with E-state index in [1.807, 2.05) is 0 Å². The molecule has 2 N–H and O–H groups in total. The fraction of sp³-hybridized carbons (Fsp3) is 0.111. The highest BCUT2D eigenvalue weighted by atomic mass is 32.2. The maximum absolute atomic E-state index is 13.1. The molecule has 10 heteroatoms. The number of hydrazone groups is 1. The quantitative estimate of drug-likeness (QED) is 0.465. The van der Waals surface area contributed by atoms with Crippen molar-refractivity contribution in [3.05, 3.63) is 60.0 Å². The van der Waals surface area contributed by atoms with Gasteiger partial charge in [0.1, 0.15) is 22.2 Å². The highest BCUT2D eigenvalue weighted by Crippen LogP contribution is 2.28. The molecule has 2 aromatic carbocycles. The second-order valence-corrected chi connectivity index (χ2v) is 7.21. The van der Waals surface area contributed by atoms with Gasteiger partial charge in [0.15, 0.2) is 0 Å². The fourth-order valence-corrected chi connectivity index (χ4v) is 3.40. The van der Waals surface area contributed by atoms with Gasteiger partial charge in [0, 0.05) is 17.2 Å². The SMILES string of the molecule is COc1ccc(S(=O)(=O)N/N=C/c2cn[nH]c2-c2ccc(F)cc2)c(OC)c1. The monoisotopic (exact) mass is 404 g/mol. The molecule has 146 valence electrons. The third-order valence-corrected chi connectivity index (χ3v) is 5.10. The molecule has 0 fully saturated rings. The van der Waals surface area contributed by atoms with Crippen molar-refractivity contribution in [3.8, 4) is 22.8 Å². The van der Waals surface area contributed by atoms with Gasteiger partial charge in [-0.15, -0.1) is 0 Å². The summed E-state index contributed by atoms with van der Waals surface area (Å²) in [6.45, 7) is 0. The molecule has 8 nitrogen and oxygen atoms in total. The first-order valence-electron chi connectivity index (χ1n) is 8.01. The molecule has 0 unspecified atom stereocenters. The molecule has 0 aliphatic rings. The first-order chi connectivity index (χ1) is 13.4. The minimum Gasteiger partial charge on any atom is -0.497 e. The predicted molar refractivity (Wildman–Crippen MR) is 101 cm³/mol. The predicted octanol–water partition coefficient (Wildman–Crippen LogP) is 2.55. The van der Waals surface area contributed by atoms with Gasteiger partial charge >= 0.3 is 0 Å². The van der Waals surface area contributed by atoms with Crippen LogP contribution >= 0.6 is 0 Å². The number of methoxy groups -OCH3 is 2. The van der Waals surface area contributed by atoms with Crippen molar-refractivity contribution in [2.75, 3.05) is 14.2 Å². The van der Waals surface area contributed by atoms with Crippen molar-refractivity contribution >= 4 is 16.2 Å². The van der Waals surface area contributed by atoms with E-state index in [1.54, 1.807) is 12.1 Å². The van der Waals surface area contributed by atoms with Gasteiger partial charge in [-0.05, 0) is 36.4 Å². The van der Waals surface area contributed by atoms with Crippen LogP contribution in [0, 0.1) is 5.82 Å². The Morgan fingerprint density at radius 3 is 2.57 bits per heavy atom. The molecule has 0 saturated heterocycles. The number of hydrogen-bond acceptors (Lipinski definition) is 6. The molecule has 1 heterocycles. The summed E-state index contributed by atoms with van der Waals surface area (Å²) < 4.78 is 48.3. The Morgan fingerprint density at radius 2 is 1.89 bits per heavy atom. The molecule has 0 saturated carbocycles. The van der Waals surface area contributed by atoms with Crippen LogP contribution in [-0.4, -0.2) is 39.0 Å². The number of H-pyrrole nitrogens is 1. The number of halogens is 1. The van der Waals surface area contributed by atoms with Crippen molar-refractivity contribution in [3.63, 3.8) is 0 Å². The van der Waals surface area contributed by atoms with E-state index < -0.39 is 10.0 Å². The number of sulfonamides is 1. The van der Waals surface area contributed by atoms with E-state index in [4.69, 9.17) is 9.47 Å². The molecular weight excluding hydrogens is 387 g/mol. The van der Waals surface area contributed by atoms with Gasteiger partial charge in [0.05, 0.1) is 32.3 Å². The number of ether oxygens (including phenoxy) is 2. The molecule has 0 spiro atoms. The molecule has 0 atom stereocenters. The van der Waals surface area contributed by atoms with Crippen molar-refractivity contribution in [2.45, 2.75) is 4.90 Å². The van der Waals surface area contributed by atoms with Crippen LogP contribution in [0.15, 0.2) is 58.7 Å². The number of benzene rings is 2. The van der Waals surface area contributed by atoms with Gasteiger partial charge in [-0.3, -0.25) is 5.10 Å². The van der Waals surface area contributed by atoms with E-state index in [0.29, 0.717) is 22.6 Å². The zero-order valence-electron chi connectivity index (χ0n) is 15.0. The normalized spacial score (nSPS) is 11.5. The van der Waals surface area contributed by atoms with Gasteiger partial charge in [-0.1, -0.05) is 0 Å². The van der Waals surface area contributed by atoms with Crippen LogP contribution in [0.3, 0.4) is 0 Å². The molecule has 3 rings (SSSR count). The molecule has 0 aliphatic heterocycles. The number of hydrogen-bond donors (Lipinski definition) is 2. The van der Waals surface area contributed by atoms with Crippen LogP contribution in [0.2, 0.25) is 0 Å². The first-order valence-corrected chi connectivity index (χ1v) is 9.49. The van der Waals surface area contributed by atoms with Crippen molar-refractivity contribution in [1.29, 1.82) is 0 Å². The first kappa shape index (κ1) is 19.4. The Kier molecular flexibility index (Phi) is 5.59. The Labute approximate surface area is 161 Å². The average Bonchev–Trinajstić information content (AvgIpc) is 3.16. The zero-order chi connectivity index (χ0) is 20.1. The van der Waals surface area contributed by atoms with Crippen molar-refractivity contribution in [2.24, 2.45) is 5.10 Å². The lowest BCUT2D eigenvalue weighted by Crippen LogP contribution is -2.19. The van der Waals surface area contributed by atoms with Gasteiger partial charge in [0.2, 0.25) is 0 Å². The lowest BCUT2D eigenvalue weighted by Gasteiger charge is -2.10. The Hall–Kier alpha value is -3.40. The van der Waals surface area contributed by atoms with E-state index >= 15 is 0 Å². The molecule has 1 aromatic heterocycles. The van der Waals surface area contributed by atoms with E-state index in [1.165, 1.54) is 57.0 Å². The number of nitrogens with zero attached hydrogens (tertiary/aromatic N) is 2. The van der Waals surface area contributed by atoms with E-state index in [2.05, 4.69) is 20.1 Å². The summed E-state index contributed by atoms with van der Waals surface area (Å²) in [5, 5.41) is 10.5. The lowest BCUT2D eigenvalue weighted by atomic mass is 10.1. The molecule has 0 aliphatic carbocycles. The minimum atomic E-state index is -3.97. The summed E-state index contributed by atoms with van der Waals surface area (Å²) in [7, 11) is -1.15. The van der Waals surface area contributed by atoms with E-state index in [0.717, 1.165) is 0 Å². The van der Waals surface area contributed by atoms with Gasteiger partial charge in [0.25, 0.3) is 10.0 Å². The van der Waals surface area contributed by atoms with Gasteiger partial charge < -0.3 is 9.47 Å². The summed E-state index contributed by atoms with van der Waals surface area (Å²) in [6.07, 6.45) is 2.78. The molecule has 0 bridgehead atoms. The highest BCUT2D eigenvalue weighted by Gasteiger charge is 2.19. The van der Waals surface area contributed by atoms with Crippen LogP contribution in [0.5, 0.6) is 11.5 Å². The average molecular weight is 404 g/mol. The van der Waals surface area contributed by atoms with Crippen molar-refractivity contribution in [1.82, 2.24) is 15.0 Å². The second-order valence-electron chi connectivity index (χ2n) is 5.58. The summed E-state index contributed by atoms with van der Waals surface area (Å²) >= 11 is 0. The summed E-state index contributed by atoms with van der Waals surface area (Å²) in [5.74, 6) is 0.221. The topological polar surface area (TPSA) is 106 Å². The van der Waals surface area contributed by atoms with Crippen LogP contribution in [0.4, 0.5) is 4.39 Å². The lowest BCUT2D eigenvalue weighted by molar-refractivity contribution is 0.386. The molecule has 0 amide bonds. The van der Waals surface area contributed by atoms with E-state index in [9.17, 15) is 12.8 Å². The largest absolute Gasteiger partial charge is 0.497 e. The molecule has 3 aromatic rings. The van der Waals surface area contributed by atoms with Crippen LogP contribution in [0.1, 0.15) is 5.56 Å². The minimum absolute atomic E-state index is 0.0844. The smallest absolute Gasteiger partial charge is 0.280 e. The van der Waals surface area contributed by atoms with Crippen LogP contribution in [-0.2, 0) is 10.0 Å². The number of aromatic amines is 1.